The van der Waals surface area contributed by atoms with Gasteiger partial charge in [0.05, 0.1) is 9.98 Å². The third-order valence-corrected chi connectivity index (χ3v) is 3.70. The molecular weight excluding hydrogens is 280 g/mol. The van der Waals surface area contributed by atoms with Gasteiger partial charge in [0.1, 0.15) is 5.60 Å². The number of nitrogens with one attached hydrogen (secondary N) is 1. The highest BCUT2D eigenvalue weighted by Crippen LogP contribution is 2.25. The third kappa shape index (κ3) is 2.99. The molecule has 1 heterocycles. The summed E-state index contributed by atoms with van der Waals surface area (Å²) in [6.45, 7) is 3.66. The topological polar surface area (TPSA) is 51.2 Å². The number of carbonyl (C=O) groups excluding carboxylic acids is 1. The predicted molar refractivity (Wildman–Crippen MR) is 64.1 cm³/mol. The van der Waals surface area contributed by atoms with E-state index in [1.54, 1.807) is 13.1 Å². The maximum absolute atomic E-state index is 11.8. The van der Waals surface area contributed by atoms with E-state index in [9.17, 15) is 4.79 Å². The van der Waals surface area contributed by atoms with Crippen molar-refractivity contribution in [3.63, 3.8) is 0 Å². The van der Waals surface area contributed by atoms with Crippen LogP contribution in [0.15, 0.2) is 9.98 Å². The van der Waals surface area contributed by atoms with E-state index in [-0.39, 0.29) is 5.91 Å². The van der Waals surface area contributed by atoms with E-state index >= 15 is 0 Å². The summed E-state index contributed by atoms with van der Waals surface area (Å²) in [7, 11) is 1.53. The van der Waals surface area contributed by atoms with Crippen LogP contribution in [0.25, 0.3) is 0 Å². The van der Waals surface area contributed by atoms with Crippen LogP contribution in [0.1, 0.15) is 20.3 Å². The van der Waals surface area contributed by atoms with Crippen LogP contribution < -0.4 is 5.32 Å². The normalized spacial score (nSPS) is 14.7. The number of hydrogen-bond acceptors (Lipinski definition) is 4. The lowest BCUT2D eigenvalue weighted by atomic mass is 10.0. The van der Waals surface area contributed by atoms with Gasteiger partial charge in [0.15, 0.2) is 5.13 Å². The maximum Gasteiger partial charge on any atom is 0.258 e. The van der Waals surface area contributed by atoms with Gasteiger partial charge in [-0.3, -0.25) is 10.1 Å². The van der Waals surface area contributed by atoms with Crippen molar-refractivity contribution in [1.82, 2.24) is 4.98 Å². The van der Waals surface area contributed by atoms with Crippen LogP contribution >= 0.6 is 27.3 Å². The number of aromatic nitrogens is 1. The Kier molecular flexibility index (Phi) is 4.24. The van der Waals surface area contributed by atoms with E-state index in [0.717, 1.165) is 3.79 Å². The molecule has 1 N–H and O–H groups in total. The zero-order valence-electron chi connectivity index (χ0n) is 8.83. The molecule has 0 bridgehead atoms. The van der Waals surface area contributed by atoms with Crippen LogP contribution in [0, 0.1) is 0 Å². The van der Waals surface area contributed by atoms with Crippen molar-refractivity contribution in [2.24, 2.45) is 0 Å². The third-order valence-electron chi connectivity index (χ3n) is 2.30. The average molecular weight is 293 g/mol. The molecule has 6 heteroatoms. The van der Waals surface area contributed by atoms with Gasteiger partial charge >= 0.3 is 0 Å². The first kappa shape index (κ1) is 12.6. The average Bonchev–Trinajstić information content (AvgIpc) is 2.62. The number of rotatable bonds is 4. The lowest BCUT2D eigenvalue weighted by Gasteiger charge is -2.24. The van der Waals surface area contributed by atoms with Crippen LogP contribution in [0.3, 0.4) is 0 Å². The van der Waals surface area contributed by atoms with Gasteiger partial charge in [0.25, 0.3) is 5.91 Å². The van der Waals surface area contributed by atoms with Gasteiger partial charge in [-0.05, 0) is 29.3 Å². The largest absolute Gasteiger partial charge is 0.369 e. The number of nitrogens with zero attached hydrogens (tertiary/aromatic N) is 1. The molecular formula is C9H13BrN2O2S. The van der Waals surface area contributed by atoms with Crippen molar-refractivity contribution < 1.29 is 9.53 Å². The Morgan fingerprint density at radius 2 is 2.47 bits per heavy atom. The van der Waals surface area contributed by atoms with Crippen LogP contribution in [0.5, 0.6) is 0 Å². The number of ether oxygens (including phenoxy) is 1. The number of anilines is 1. The number of amides is 1. The highest BCUT2D eigenvalue weighted by Gasteiger charge is 2.31. The number of methoxy groups -OCH3 is 1. The van der Waals surface area contributed by atoms with Gasteiger partial charge < -0.3 is 4.74 Å². The molecule has 1 rings (SSSR count). The molecule has 0 spiro atoms. The molecule has 1 amide bonds. The fourth-order valence-electron chi connectivity index (χ4n) is 0.939. The summed E-state index contributed by atoms with van der Waals surface area (Å²) in [4.78, 5) is 15.8. The molecule has 84 valence electrons. The SMILES string of the molecule is CCC(C)(OC)C(=O)Nc1ncc(Br)s1. The van der Waals surface area contributed by atoms with Gasteiger partial charge in [-0.2, -0.15) is 0 Å². The predicted octanol–water partition coefficient (Wildman–Crippen LogP) is 2.66. The first-order valence-electron chi connectivity index (χ1n) is 4.49. The molecule has 0 saturated carbocycles. The van der Waals surface area contributed by atoms with E-state index in [1.165, 1.54) is 18.4 Å². The molecule has 0 aliphatic heterocycles. The molecule has 0 aliphatic carbocycles. The summed E-state index contributed by atoms with van der Waals surface area (Å²) >= 11 is 4.65. The molecule has 0 radical (unpaired) electrons. The summed E-state index contributed by atoms with van der Waals surface area (Å²) in [5.41, 5.74) is -0.794. The van der Waals surface area contributed by atoms with Crippen molar-refractivity contribution in [2.45, 2.75) is 25.9 Å². The van der Waals surface area contributed by atoms with Gasteiger partial charge in [0.2, 0.25) is 0 Å². The summed E-state index contributed by atoms with van der Waals surface area (Å²) in [5, 5.41) is 3.29. The second-order valence-corrected chi connectivity index (χ2v) is 5.62. The Morgan fingerprint density at radius 3 is 2.87 bits per heavy atom. The van der Waals surface area contributed by atoms with Gasteiger partial charge in [-0.1, -0.05) is 18.3 Å². The van der Waals surface area contributed by atoms with Crippen LogP contribution in [0.4, 0.5) is 5.13 Å². The zero-order chi connectivity index (χ0) is 11.5. The smallest absolute Gasteiger partial charge is 0.258 e. The lowest BCUT2D eigenvalue weighted by Crippen LogP contribution is -2.41. The van der Waals surface area contributed by atoms with E-state index in [2.05, 4.69) is 26.2 Å². The Morgan fingerprint density at radius 1 is 1.80 bits per heavy atom. The standard InChI is InChI=1S/C9H13BrN2O2S/c1-4-9(2,14-3)7(13)12-8-11-5-6(10)15-8/h5H,4H2,1-3H3,(H,11,12,13). The minimum atomic E-state index is -0.794. The van der Waals surface area contributed by atoms with Crippen molar-refractivity contribution in [3.8, 4) is 0 Å². The summed E-state index contributed by atoms with van der Waals surface area (Å²) < 4.78 is 6.06. The Bertz CT molecular complexity index is 350. The van der Waals surface area contributed by atoms with Gasteiger partial charge in [-0.15, -0.1) is 0 Å². The van der Waals surface area contributed by atoms with Crippen LogP contribution in [-0.2, 0) is 9.53 Å². The lowest BCUT2D eigenvalue weighted by molar-refractivity contribution is -0.136. The highest BCUT2D eigenvalue weighted by atomic mass is 79.9. The maximum atomic E-state index is 11.8. The molecule has 1 atom stereocenters. The highest BCUT2D eigenvalue weighted by molar-refractivity contribution is 9.11. The Labute approximate surface area is 101 Å². The number of thiazole rings is 1. The molecule has 1 aromatic heterocycles. The van der Waals surface area contributed by atoms with Gasteiger partial charge in [0, 0.05) is 7.11 Å². The monoisotopic (exact) mass is 292 g/mol. The molecule has 1 unspecified atom stereocenters. The van der Waals surface area contributed by atoms with Crippen LogP contribution in [0.2, 0.25) is 0 Å². The first-order chi connectivity index (χ1) is 7.01. The minimum absolute atomic E-state index is 0.172. The number of carbonyl (C=O) groups is 1. The number of halogens is 1. The zero-order valence-corrected chi connectivity index (χ0v) is 11.2. The first-order valence-corrected chi connectivity index (χ1v) is 6.10. The second-order valence-electron chi connectivity index (χ2n) is 3.21. The molecule has 1 aromatic rings. The van der Waals surface area contributed by atoms with Crippen molar-refractivity contribution in [2.75, 3.05) is 12.4 Å². The summed E-state index contributed by atoms with van der Waals surface area (Å²) in [6, 6.07) is 0. The fraction of sp³-hybridized carbons (Fsp3) is 0.556. The Balaban J connectivity index is 2.70. The molecule has 0 aromatic carbocycles. The second kappa shape index (κ2) is 5.05. The van der Waals surface area contributed by atoms with E-state index in [0.29, 0.717) is 11.6 Å². The van der Waals surface area contributed by atoms with Gasteiger partial charge in [-0.25, -0.2) is 4.98 Å². The van der Waals surface area contributed by atoms with E-state index in [4.69, 9.17) is 4.74 Å². The summed E-state index contributed by atoms with van der Waals surface area (Å²) in [6.07, 6.45) is 2.26. The Hall–Kier alpha value is -0.460. The minimum Gasteiger partial charge on any atom is -0.369 e. The quantitative estimate of drug-likeness (QED) is 0.928. The van der Waals surface area contributed by atoms with Crippen LogP contribution in [-0.4, -0.2) is 23.6 Å². The summed E-state index contributed by atoms with van der Waals surface area (Å²) in [5.74, 6) is -0.172. The molecule has 0 fully saturated rings. The van der Waals surface area contributed by atoms with Crippen molar-refractivity contribution in [1.29, 1.82) is 0 Å². The van der Waals surface area contributed by atoms with Crippen molar-refractivity contribution >= 4 is 38.3 Å². The van der Waals surface area contributed by atoms with E-state index < -0.39 is 5.60 Å². The fourth-order valence-corrected chi connectivity index (χ4v) is 2.04. The number of hydrogen-bond donors (Lipinski definition) is 1. The molecule has 4 nitrogen and oxygen atoms in total. The van der Waals surface area contributed by atoms with Crippen molar-refractivity contribution in [3.05, 3.63) is 9.98 Å². The van der Waals surface area contributed by atoms with E-state index in [1.807, 2.05) is 6.92 Å². The molecule has 0 aliphatic rings. The molecule has 0 saturated heterocycles. The molecule has 15 heavy (non-hydrogen) atoms.